The molecule has 0 amide bonds. The van der Waals surface area contributed by atoms with E-state index in [1.54, 1.807) is 0 Å². The molecule has 0 saturated carbocycles. The first-order chi connectivity index (χ1) is 12.1. The lowest BCUT2D eigenvalue weighted by Crippen LogP contribution is -2.44. The van der Waals surface area contributed by atoms with Gasteiger partial charge in [0.2, 0.25) is 0 Å². The zero-order chi connectivity index (χ0) is 18.8. The van der Waals surface area contributed by atoms with Crippen molar-refractivity contribution in [2.45, 2.75) is 122 Å². The Morgan fingerprint density at radius 1 is 0.640 bits per heavy atom. The number of hydrogen-bond donors (Lipinski definition) is 0. The van der Waals surface area contributed by atoms with Gasteiger partial charge < -0.3 is 4.57 Å². The lowest BCUT2D eigenvalue weighted by molar-refractivity contribution is 0.530. The van der Waals surface area contributed by atoms with E-state index in [2.05, 4.69) is 44.4 Å². The fourth-order valence-corrected chi connectivity index (χ4v) is 5.52. The van der Waals surface area contributed by atoms with E-state index in [9.17, 15) is 0 Å². The maximum atomic E-state index is 4.07. The molecule has 1 nitrogen and oxygen atoms in total. The molecular formula is C23H49NSi. The van der Waals surface area contributed by atoms with Gasteiger partial charge in [-0.2, -0.15) is 0 Å². The van der Waals surface area contributed by atoms with Gasteiger partial charge in [-0.25, -0.2) is 0 Å². The Balaban J connectivity index is 3.23. The third-order valence-electron chi connectivity index (χ3n) is 6.00. The highest BCUT2D eigenvalue weighted by Gasteiger charge is 2.25. The fourth-order valence-electron chi connectivity index (χ4n) is 3.54. The van der Waals surface area contributed by atoms with Crippen molar-refractivity contribution < 1.29 is 0 Å². The molecule has 1 atom stereocenters. The van der Waals surface area contributed by atoms with Gasteiger partial charge in [0.15, 0.2) is 0 Å². The Morgan fingerprint density at radius 3 is 1.24 bits per heavy atom. The Kier molecular flexibility index (Phi) is 17.3. The van der Waals surface area contributed by atoms with E-state index < -0.39 is 8.24 Å². The van der Waals surface area contributed by atoms with Crippen LogP contribution in [0.1, 0.15) is 110 Å². The van der Waals surface area contributed by atoms with E-state index in [-0.39, 0.29) is 0 Å². The van der Waals surface area contributed by atoms with Gasteiger partial charge in [0.05, 0.1) is 0 Å². The Labute approximate surface area is 161 Å². The molecule has 1 unspecified atom stereocenters. The topological polar surface area (TPSA) is 3.24 Å². The predicted molar refractivity (Wildman–Crippen MR) is 120 cm³/mol. The standard InChI is InChI=1S/C23H49NSi/c1-6-8-9-10-11-12-13-14-15-16-17-18-19-20-21-22-23-25(5,7-2)24(3)4/h7H,2,6,8-23H2,1,3-5H3. The van der Waals surface area contributed by atoms with Gasteiger partial charge in [0.1, 0.15) is 8.24 Å². The van der Waals surface area contributed by atoms with Crippen LogP contribution in [0.2, 0.25) is 12.6 Å². The minimum Gasteiger partial charge on any atom is -0.326 e. The third-order valence-corrected chi connectivity index (χ3v) is 10.3. The van der Waals surface area contributed by atoms with Crippen LogP contribution in [0.5, 0.6) is 0 Å². The molecule has 0 aromatic rings. The first-order valence-electron chi connectivity index (χ1n) is 11.4. The Hall–Kier alpha value is -0.0831. The summed E-state index contributed by atoms with van der Waals surface area (Å²) in [6, 6.07) is 1.38. The van der Waals surface area contributed by atoms with E-state index in [4.69, 9.17) is 0 Å². The highest BCUT2D eigenvalue weighted by Crippen LogP contribution is 2.19. The molecule has 0 heterocycles. The lowest BCUT2D eigenvalue weighted by Gasteiger charge is -2.30. The van der Waals surface area contributed by atoms with Crippen molar-refractivity contribution in [1.82, 2.24) is 4.57 Å². The molecule has 0 aromatic carbocycles. The summed E-state index contributed by atoms with van der Waals surface area (Å²) in [6.07, 6.45) is 23.2. The smallest absolute Gasteiger partial charge is 0.148 e. The molecular weight excluding hydrogens is 318 g/mol. The summed E-state index contributed by atoms with van der Waals surface area (Å²) in [5.74, 6) is 0. The van der Waals surface area contributed by atoms with Crippen molar-refractivity contribution in [3.05, 3.63) is 12.3 Å². The van der Waals surface area contributed by atoms with Crippen LogP contribution in [0.25, 0.3) is 0 Å². The highest BCUT2D eigenvalue weighted by atomic mass is 28.3. The van der Waals surface area contributed by atoms with Gasteiger partial charge in [-0.05, 0) is 20.1 Å². The maximum absolute atomic E-state index is 4.07. The average molecular weight is 368 g/mol. The fraction of sp³-hybridized carbons (Fsp3) is 0.913. The zero-order valence-corrected chi connectivity index (χ0v) is 19.3. The van der Waals surface area contributed by atoms with Crippen LogP contribution in [-0.4, -0.2) is 26.9 Å². The van der Waals surface area contributed by atoms with Crippen LogP contribution in [0, 0.1) is 0 Å². The minimum absolute atomic E-state index is 1.31. The van der Waals surface area contributed by atoms with E-state index >= 15 is 0 Å². The Morgan fingerprint density at radius 2 is 0.960 bits per heavy atom. The minimum atomic E-state index is -1.31. The molecule has 0 rings (SSSR count). The molecule has 0 spiro atoms. The molecule has 25 heavy (non-hydrogen) atoms. The molecule has 0 fully saturated rings. The van der Waals surface area contributed by atoms with Gasteiger partial charge in [-0.15, -0.1) is 6.58 Å². The van der Waals surface area contributed by atoms with E-state index in [1.807, 2.05) is 0 Å². The van der Waals surface area contributed by atoms with E-state index in [0.29, 0.717) is 0 Å². The third kappa shape index (κ3) is 14.7. The average Bonchev–Trinajstić information content (AvgIpc) is 2.61. The molecule has 0 aromatic heterocycles. The molecule has 0 radical (unpaired) electrons. The van der Waals surface area contributed by atoms with Crippen molar-refractivity contribution in [2.24, 2.45) is 0 Å². The van der Waals surface area contributed by atoms with Crippen molar-refractivity contribution in [3.63, 3.8) is 0 Å². The lowest BCUT2D eigenvalue weighted by atomic mass is 10.0. The van der Waals surface area contributed by atoms with E-state index in [1.165, 1.54) is 109 Å². The second-order valence-corrected chi connectivity index (χ2v) is 13.0. The number of unbranched alkanes of at least 4 members (excludes halogenated alkanes) is 15. The quantitative estimate of drug-likeness (QED) is 0.164. The largest absolute Gasteiger partial charge is 0.326 e. The van der Waals surface area contributed by atoms with Gasteiger partial charge in [0.25, 0.3) is 0 Å². The summed E-state index contributed by atoms with van der Waals surface area (Å²) in [6.45, 7) is 8.80. The molecule has 150 valence electrons. The second-order valence-electron chi connectivity index (χ2n) is 8.51. The summed E-state index contributed by atoms with van der Waals surface area (Å²) in [5, 5.41) is 0. The predicted octanol–water partition coefficient (Wildman–Crippen LogP) is 8.11. The van der Waals surface area contributed by atoms with E-state index in [0.717, 1.165) is 0 Å². The van der Waals surface area contributed by atoms with Crippen LogP contribution in [-0.2, 0) is 0 Å². The van der Waals surface area contributed by atoms with Crippen LogP contribution < -0.4 is 0 Å². The first kappa shape index (κ1) is 24.9. The number of hydrogen-bond acceptors (Lipinski definition) is 1. The maximum Gasteiger partial charge on any atom is 0.148 e. The van der Waals surface area contributed by atoms with Crippen LogP contribution in [0.15, 0.2) is 12.3 Å². The summed E-state index contributed by atoms with van der Waals surface area (Å²) in [4.78, 5) is 0. The first-order valence-corrected chi connectivity index (χ1v) is 14.1. The molecule has 0 bridgehead atoms. The molecule has 0 saturated heterocycles. The Bertz CT molecular complexity index is 290. The van der Waals surface area contributed by atoms with Gasteiger partial charge >= 0.3 is 0 Å². The SMILES string of the molecule is C=C[Si](C)(CCCCCCCCCCCCCCCCCC)N(C)C. The van der Waals surface area contributed by atoms with Crippen LogP contribution in [0.4, 0.5) is 0 Å². The zero-order valence-electron chi connectivity index (χ0n) is 18.3. The van der Waals surface area contributed by atoms with Gasteiger partial charge in [0, 0.05) is 0 Å². The summed E-state index contributed by atoms with van der Waals surface area (Å²) in [7, 11) is 3.13. The molecule has 0 N–H and O–H groups in total. The monoisotopic (exact) mass is 367 g/mol. The van der Waals surface area contributed by atoms with Gasteiger partial charge in [-0.3, -0.25) is 0 Å². The van der Waals surface area contributed by atoms with Gasteiger partial charge in [-0.1, -0.05) is 122 Å². The van der Waals surface area contributed by atoms with Crippen molar-refractivity contribution >= 4 is 8.24 Å². The summed E-state index contributed by atoms with van der Waals surface area (Å²) < 4.78 is 2.44. The molecule has 0 aliphatic carbocycles. The van der Waals surface area contributed by atoms with Crippen molar-refractivity contribution in [3.8, 4) is 0 Å². The summed E-state index contributed by atoms with van der Waals surface area (Å²) >= 11 is 0. The number of nitrogens with zero attached hydrogens (tertiary/aromatic N) is 1. The highest BCUT2D eigenvalue weighted by molar-refractivity contribution is 6.80. The summed E-state index contributed by atoms with van der Waals surface area (Å²) in [5.41, 5.74) is 2.25. The number of rotatable bonds is 19. The van der Waals surface area contributed by atoms with Crippen molar-refractivity contribution in [2.75, 3.05) is 14.1 Å². The van der Waals surface area contributed by atoms with Crippen LogP contribution in [0.3, 0.4) is 0 Å². The van der Waals surface area contributed by atoms with Crippen LogP contribution >= 0.6 is 0 Å². The molecule has 0 aliphatic rings. The molecule has 0 aliphatic heterocycles. The van der Waals surface area contributed by atoms with Crippen molar-refractivity contribution in [1.29, 1.82) is 0 Å². The molecule has 2 heteroatoms. The second kappa shape index (κ2) is 17.3. The normalized spacial score (nSPS) is 14.0.